The van der Waals surface area contributed by atoms with Crippen LogP contribution in [0.1, 0.15) is 30.8 Å². The van der Waals surface area contributed by atoms with Gasteiger partial charge in [0.15, 0.2) is 15.0 Å². The van der Waals surface area contributed by atoms with Crippen LogP contribution in [0.15, 0.2) is 35.2 Å². The SMILES string of the molecule is CC(C)NC(=O)Nc1nc2c(s1)CN(C(=O)CCS(=O)(=O)c1ccccc1)CC2. The number of anilines is 1. The Labute approximate surface area is 174 Å². The molecule has 0 saturated carbocycles. The maximum atomic E-state index is 12.6. The molecule has 0 atom stereocenters. The zero-order valence-electron chi connectivity index (χ0n) is 16.3. The van der Waals surface area contributed by atoms with Gasteiger partial charge in [-0.2, -0.15) is 0 Å². The van der Waals surface area contributed by atoms with E-state index in [0.29, 0.717) is 24.6 Å². The number of carbonyl (C=O) groups excluding carboxylic acids is 2. The van der Waals surface area contributed by atoms with Crippen LogP contribution in [-0.2, 0) is 27.6 Å². The minimum absolute atomic E-state index is 0.0184. The quantitative estimate of drug-likeness (QED) is 0.723. The summed E-state index contributed by atoms with van der Waals surface area (Å²) in [6, 6.07) is 7.85. The molecule has 2 aromatic rings. The van der Waals surface area contributed by atoms with E-state index in [-0.39, 0.29) is 35.0 Å². The standard InChI is InChI=1S/C19H24N4O4S2/c1-13(2)20-18(25)22-19-21-15-8-10-23(12-16(15)28-19)17(24)9-11-29(26,27)14-6-4-3-5-7-14/h3-7,13H,8-12H2,1-2H3,(H2,20,21,22,25). The van der Waals surface area contributed by atoms with Crippen molar-refractivity contribution in [2.24, 2.45) is 0 Å². The van der Waals surface area contributed by atoms with Gasteiger partial charge in [-0.1, -0.05) is 29.5 Å². The number of urea groups is 1. The third-order valence-electron chi connectivity index (χ3n) is 4.41. The van der Waals surface area contributed by atoms with Gasteiger partial charge < -0.3 is 10.2 Å². The van der Waals surface area contributed by atoms with Gasteiger partial charge in [0.2, 0.25) is 5.91 Å². The Morgan fingerprint density at radius 2 is 1.97 bits per heavy atom. The zero-order valence-corrected chi connectivity index (χ0v) is 18.0. The Bertz CT molecular complexity index is 987. The summed E-state index contributed by atoms with van der Waals surface area (Å²) in [4.78, 5) is 31.6. The van der Waals surface area contributed by atoms with Crippen molar-refractivity contribution < 1.29 is 18.0 Å². The summed E-state index contributed by atoms with van der Waals surface area (Å²) in [5.41, 5.74) is 0.871. The van der Waals surface area contributed by atoms with E-state index in [9.17, 15) is 18.0 Å². The number of carbonyl (C=O) groups is 2. The normalized spacial score (nSPS) is 13.8. The monoisotopic (exact) mass is 436 g/mol. The molecule has 1 aliphatic rings. The van der Waals surface area contributed by atoms with Gasteiger partial charge >= 0.3 is 6.03 Å². The number of thiazole rings is 1. The lowest BCUT2D eigenvalue weighted by atomic mass is 10.1. The molecule has 0 unspecified atom stereocenters. The van der Waals surface area contributed by atoms with E-state index in [0.717, 1.165) is 10.6 Å². The van der Waals surface area contributed by atoms with Crippen LogP contribution in [0.5, 0.6) is 0 Å². The average molecular weight is 437 g/mol. The number of aromatic nitrogens is 1. The van der Waals surface area contributed by atoms with Crippen molar-refractivity contribution in [3.63, 3.8) is 0 Å². The van der Waals surface area contributed by atoms with Gasteiger partial charge in [0.25, 0.3) is 0 Å². The predicted molar refractivity (Wildman–Crippen MR) is 112 cm³/mol. The van der Waals surface area contributed by atoms with E-state index in [1.54, 1.807) is 23.1 Å². The topological polar surface area (TPSA) is 108 Å². The molecule has 0 spiro atoms. The fourth-order valence-corrected chi connectivity index (χ4v) is 5.25. The fraction of sp³-hybridized carbons (Fsp3) is 0.421. The van der Waals surface area contributed by atoms with Crippen LogP contribution >= 0.6 is 11.3 Å². The van der Waals surface area contributed by atoms with E-state index < -0.39 is 9.84 Å². The summed E-state index contributed by atoms with van der Waals surface area (Å²) >= 11 is 1.34. The molecule has 0 saturated heterocycles. The molecular weight excluding hydrogens is 412 g/mol. The van der Waals surface area contributed by atoms with Gasteiger partial charge in [-0.25, -0.2) is 18.2 Å². The Hall–Kier alpha value is -2.46. The number of hydrogen-bond acceptors (Lipinski definition) is 6. The van der Waals surface area contributed by atoms with Crippen LogP contribution in [0.25, 0.3) is 0 Å². The first-order valence-electron chi connectivity index (χ1n) is 9.36. The minimum atomic E-state index is -3.49. The second-order valence-electron chi connectivity index (χ2n) is 7.09. The number of nitrogens with zero attached hydrogens (tertiary/aromatic N) is 2. The molecule has 2 N–H and O–H groups in total. The molecule has 156 valence electrons. The highest BCUT2D eigenvalue weighted by Crippen LogP contribution is 2.28. The molecule has 0 bridgehead atoms. The summed E-state index contributed by atoms with van der Waals surface area (Å²) in [5.74, 6) is -0.417. The van der Waals surface area contributed by atoms with Crippen LogP contribution in [0.4, 0.5) is 9.93 Å². The summed E-state index contributed by atoms with van der Waals surface area (Å²) in [7, 11) is -3.49. The predicted octanol–water partition coefficient (Wildman–Crippen LogP) is 2.42. The van der Waals surface area contributed by atoms with Gasteiger partial charge in [0, 0.05) is 30.3 Å². The van der Waals surface area contributed by atoms with Crippen LogP contribution < -0.4 is 10.6 Å². The number of amides is 3. The molecule has 3 amide bonds. The second-order valence-corrected chi connectivity index (χ2v) is 10.3. The molecule has 10 heteroatoms. The highest BCUT2D eigenvalue weighted by Gasteiger charge is 2.26. The van der Waals surface area contributed by atoms with Gasteiger partial charge in [-0.05, 0) is 26.0 Å². The molecule has 3 rings (SSSR count). The van der Waals surface area contributed by atoms with Crippen molar-refractivity contribution in [2.45, 2.75) is 44.2 Å². The smallest absolute Gasteiger partial charge is 0.321 e. The lowest BCUT2D eigenvalue weighted by Crippen LogP contribution is -2.36. The molecular formula is C19H24N4O4S2. The third kappa shape index (κ3) is 5.54. The van der Waals surface area contributed by atoms with Crippen molar-refractivity contribution in [1.82, 2.24) is 15.2 Å². The molecule has 1 aromatic carbocycles. The highest BCUT2D eigenvalue weighted by atomic mass is 32.2. The Kier molecular flexibility index (Phi) is 6.53. The largest absolute Gasteiger partial charge is 0.337 e. The Morgan fingerprint density at radius 3 is 2.66 bits per heavy atom. The Balaban J connectivity index is 1.58. The van der Waals surface area contributed by atoms with Crippen molar-refractivity contribution in [1.29, 1.82) is 0 Å². The van der Waals surface area contributed by atoms with Crippen LogP contribution in [0.3, 0.4) is 0 Å². The van der Waals surface area contributed by atoms with E-state index in [1.807, 2.05) is 13.8 Å². The molecule has 1 aromatic heterocycles. The maximum Gasteiger partial charge on any atom is 0.321 e. The molecule has 0 aliphatic carbocycles. The minimum Gasteiger partial charge on any atom is -0.337 e. The lowest BCUT2D eigenvalue weighted by molar-refractivity contribution is -0.131. The molecule has 2 heterocycles. The van der Waals surface area contributed by atoms with Gasteiger partial charge in [-0.15, -0.1) is 0 Å². The second kappa shape index (κ2) is 8.91. The number of hydrogen-bond donors (Lipinski definition) is 2. The molecule has 1 aliphatic heterocycles. The van der Waals surface area contributed by atoms with Gasteiger partial charge in [0.1, 0.15) is 0 Å². The number of benzene rings is 1. The summed E-state index contributed by atoms with van der Waals surface area (Å²) in [6.45, 7) is 4.60. The zero-order chi connectivity index (χ0) is 21.0. The number of rotatable bonds is 6. The van der Waals surface area contributed by atoms with Gasteiger partial charge in [0.05, 0.1) is 22.9 Å². The summed E-state index contributed by atoms with van der Waals surface area (Å²) in [5, 5.41) is 5.95. The number of fused-ring (bicyclic) bond motifs is 1. The first-order valence-corrected chi connectivity index (χ1v) is 11.8. The molecule has 0 fully saturated rings. The van der Waals surface area contributed by atoms with Crippen molar-refractivity contribution in [3.05, 3.63) is 40.9 Å². The van der Waals surface area contributed by atoms with E-state index in [1.165, 1.54) is 23.5 Å². The van der Waals surface area contributed by atoms with E-state index >= 15 is 0 Å². The fourth-order valence-electron chi connectivity index (χ4n) is 2.98. The third-order valence-corrected chi connectivity index (χ3v) is 7.14. The highest BCUT2D eigenvalue weighted by molar-refractivity contribution is 7.91. The maximum absolute atomic E-state index is 12.6. The summed E-state index contributed by atoms with van der Waals surface area (Å²) < 4.78 is 24.8. The first-order chi connectivity index (χ1) is 13.7. The van der Waals surface area contributed by atoms with Crippen LogP contribution in [0.2, 0.25) is 0 Å². The number of sulfone groups is 1. The van der Waals surface area contributed by atoms with Crippen molar-refractivity contribution in [2.75, 3.05) is 17.6 Å². The molecule has 8 nitrogen and oxygen atoms in total. The van der Waals surface area contributed by atoms with Crippen molar-refractivity contribution >= 4 is 38.2 Å². The Morgan fingerprint density at radius 1 is 1.24 bits per heavy atom. The average Bonchev–Trinajstić information content (AvgIpc) is 3.07. The number of nitrogens with one attached hydrogen (secondary N) is 2. The summed E-state index contributed by atoms with van der Waals surface area (Å²) in [6.07, 6.45) is 0.518. The van der Waals surface area contributed by atoms with E-state index in [4.69, 9.17) is 0 Å². The van der Waals surface area contributed by atoms with Crippen molar-refractivity contribution in [3.8, 4) is 0 Å². The van der Waals surface area contributed by atoms with E-state index in [2.05, 4.69) is 15.6 Å². The first kappa shape index (κ1) is 21.3. The molecule has 29 heavy (non-hydrogen) atoms. The van der Waals surface area contributed by atoms with Crippen LogP contribution in [-0.4, -0.2) is 48.6 Å². The lowest BCUT2D eigenvalue weighted by Gasteiger charge is -2.26. The van der Waals surface area contributed by atoms with Crippen LogP contribution in [0, 0.1) is 0 Å². The molecule has 0 radical (unpaired) electrons. The van der Waals surface area contributed by atoms with Gasteiger partial charge in [-0.3, -0.25) is 10.1 Å².